The number of carbonyl (C=O) groups is 1. The molecule has 1 aromatic carbocycles. The molecule has 1 heterocycles. The van der Waals surface area contributed by atoms with Gasteiger partial charge in [0.1, 0.15) is 5.75 Å². The minimum Gasteiger partial charge on any atom is -0.495 e. The highest BCUT2D eigenvalue weighted by molar-refractivity contribution is 7.99. The summed E-state index contributed by atoms with van der Waals surface area (Å²) in [4.78, 5) is 15.2. The molecule has 4 nitrogen and oxygen atoms in total. The van der Waals surface area contributed by atoms with Crippen LogP contribution in [0.4, 0.5) is 5.69 Å². The zero-order chi connectivity index (χ0) is 13.0. The van der Waals surface area contributed by atoms with Gasteiger partial charge in [-0.3, -0.25) is 4.79 Å². The maximum Gasteiger partial charge on any atom is 0.228 e. The van der Waals surface area contributed by atoms with Gasteiger partial charge >= 0.3 is 0 Å². The Morgan fingerprint density at radius 3 is 3.11 bits per heavy atom. The van der Waals surface area contributed by atoms with Crippen LogP contribution >= 0.6 is 11.8 Å². The van der Waals surface area contributed by atoms with E-state index >= 15 is 0 Å². The van der Waals surface area contributed by atoms with E-state index in [4.69, 9.17) is 4.74 Å². The average molecular weight is 266 g/mol. The van der Waals surface area contributed by atoms with Crippen LogP contribution in [0.15, 0.2) is 23.1 Å². The van der Waals surface area contributed by atoms with E-state index in [9.17, 15) is 4.79 Å². The normalized spacial score (nSPS) is 14.2. The minimum absolute atomic E-state index is 0.149. The molecule has 1 N–H and O–H groups in total. The van der Waals surface area contributed by atoms with Gasteiger partial charge in [0.15, 0.2) is 0 Å². The van der Waals surface area contributed by atoms with Crippen LogP contribution in [0.2, 0.25) is 0 Å². The number of methoxy groups -OCH3 is 1. The van der Waals surface area contributed by atoms with Gasteiger partial charge in [-0.15, -0.1) is 11.8 Å². The third-order valence-electron chi connectivity index (χ3n) is 2.91. The Morgan fingerprint density at radius 2 is 2.39 bits per heavy atom. The van der Waals surface area contributed by atoms with Crippen LogP contribution in [-0.2, 0) is 4.79 Å². The lowest BCUT2D eigenvalue weighted by Gasteiger charge is -2.30. The Kier molecular flexibility index (Phi) is 4.49. The molecule has 1 aromatic rings. The van der Waals surface area contributed by atoms with Gasteiger partial charge in [-0.1, -0.05) is 6.07 Å². The highest BCUT2D eigenvalue weighted by Crippen LogP contribution is 2.41. The van der Waals surface area contributed by atoms with E-state index in [0.717, 1.165) is 28.6 Å². The Balaban J connectivity index is 2.28. The van der Waals surface area contributed by atoms with Gasteiger partial charge in [0, 0.05) is 30.2 Å². The summed E-state index contributed by atoms with van der Waals surface area (Å²) in [6.07, 6.45) is 0.513. The number of nitrogens with one attached hydrogen (secondary N) is 1. The number of rotatable bonds is 4. The number of para-hydroxylation sites is 1. The zero-order valence-corrected chi connectivity index (χ0v) is 11.5. The zero-order valence-electron chi connectivity index (χ0n) is 10.7. The summed E-state index contributed by atoms with van der Waals surface area (Å²) in [5.41, 5.74) is 0.928. The smallest absolute Gasteiger partial charge is 0.228 e. The van der Waals surface area contributed by atoms with Crippen LogP contribution in [0, 0.1) is 0 Å². The van der Waals surface area contributed by atoms with Gasteiger partial charge in [-0.05, 0) is 19.2 Å². The number of thioether (sulfide) groups is 1. The highest BCUT2D eigenvalue weighted by Gasteiger charge is 2.25. The Hall–Kier alpha value is -1.20. The first kappa shape index (κ1) is 13.2. The monoisotopic (exact) mass is 266 g/mol. The van der Waals surface area contributed by atoms with Crippen molar-refractivity contribution in [2.24, 2.45) is 0 Å². The number of ether oxygens (including phenoxy) is 1. The van der Waals surface area contributed by atoms with Crippen LogP contribution < -0.4 is 15.0 Å². The molecule has 0 saturated heterocycles. The van der Waals surface area contributed by atoms with E-state index in [1.54, 1.807) is 18.9 Å². The largest absolute Gasteiger partial charge is 0.495 e. The quantitative estimate of drug-likeness (QED) is 0.901. The van der Waals surface area contributed by atoms with Crippen LogP contribution in [0.1, 0.15) is 6.42 Å². The summed E-state index contributed by atoms with van der Waals surface area (Å²) in [5, 5.41) is 3.01. The summed E-state index contributed by atoms with van der Waals surface area (Å²) in [7, 11) is 3.50. The van der Waals surface area contributed by atoms with Crippen LogP contribution in [0.5, 0.6) is 5.75 Å². The second-order valence-corrected chi connectivity index (χ2v) is 5.19. The predicted molar refractivity (Wildman–Crippen MR) is 74.6 cm³/mol. The number of hydrogen-bond acceptors (Lipinski definition) is 4. The van der Waals surface area contributed by atoms with E-state index in [1.165, 1.54) is 0 Å². The average Bonchev–Trinajstić information content (AvgIpc) is 2.43. The van der Waals surface area contributed by atoms with Gasteiger partial charge in [0.2, 0.25) is 5.91 Å². The molecule has 0 aliphatic carbocycles. The SMILES string of the molecule is CNCCC(=O)N1CCSc2cccc(OC)c21. The first-order chi connectivity index (χ1) is 8.77. The molecular weight excluding hydrogens is 248 g/mol. The Labute approximate surface area is 112 Å². The molecule has 98 valence electrons. The molecule has 1 aliphatic rings. The molecule has 5 heteroatoms. The van der Waals surface area contributed by atoms with E-state index in [1.807, 2.05) is 30.1 Å². The fraction of sp³-hybridized carbons (Fsp3) is 0.462. The van der Waals surface area contributed by atoms with E-state index in [-0.39, 0.29) is 5.91 Å². The first-order valence-electron chi connectivity index (χ1n) is 6.02. The van der Waals surface area contributed by atoms with Gasteiger partial charge in [0.25, 0.3) is 0 Å². The van der Waals surface area contributed by atoms with Crippen LogP contribution in [0.3, 0.4) is 0 Å². The highest BCUT2D eigenvalue weighted by atomic mass is 32.2. The summed E-state index contributed by atoms with van der Waals surface area (Å²) in [6.45, 7) is 1.45. The number of benzene rings is 1. The second kappa shape index (κ2) is 6.11. The molecule has 1 aliphatic heterocycles. The number of carbonyl (C=O) groups excluding carboxylic acids is 1. The van der Waals surface area contributed by atoms with Crippen molar-refractivity contribution in [3.8, 4) is 5.75 Å². The van der Waals surface area contributed by atoms with Crippen molar-refractivity contribution < 1.29 is 9.53 Å². The lowest BCUT2D eigenvalue weighted by atomic mass is 10.2. The topological polar surface area (TPSA) is 41.6 Å². The van der Waals surface area contributed by atoms with Crippen LogP contribution in [0.25, 0.3) is 0 Å². The van der Waals surface area contributed by atoms with Crippen molar-refractivity contribution in [1.29, 1.82) is 0 Å². The summed E-state index contributed by atoms with van der Waals surface area (Å²) < 4.78 is 5.37. The van der Waals surface area contributed by atoms with Gasteiger partial charge in [-0.25, -0.2) is 0 Å². The van der Waals surface area contributed by atoms with Crippen molar-refractivity contribution >= 4 is 23.4 Å². The lowest BCUT2D eigenvalue weighted by Crippen LogP contribution is -2.37. The Morgan fingerprint density at radius 1 is 1.56 bits per heavy atom. The van der Waals surface area contributed by atoms with E-state index < -0.39 is 0 Å². The molecule has 0 radical (unpaired) electrons. The maximum atomic E-state index is 12.2. The molecule has 1 amide bonds. The lowest BCUT2D eigenvalue weighted by molar-refractivity contribution is -0.118. The number of hydrogen-bond donors (Lipinski definition) is 1. The molecule has 0 unspecified atom stereocenters. The summed E-state index contributed by atoms with van der Waals surface area (Å²) in [5.74, 6) is 1.86. The number of amides is 1. The van der Waals surface area contributed by atoms with Crippen molar-refractivity contribution in [1.82, 2.24) is 5.32 Å². The van der Waals surface area contributed by atoms with Crippen molar-refractivity contribution in [3.05, 3.63) is 18.2 Å². The standard InChI is InChI=1S/C13H18N2O2S/c1-14-7-6-12(16)15-8-9-18-11-5-3-4-10(17-2)13(11)15/h3-5,14H,6-9H2,1-2H3. The molecule has 0 saturated carbocycles. The molecule has 0 aromatic heterocycles. The fourth-order valence-corrected chi connectivity index (χ4v) is 3.04. The maximum absolute atomic E-state index is 12.2. The van der Waals surface area contributed by atoms with E-state index in [2.05, 4.69) is 5.32 Å². The summed E-state index contributed by atoms with van der Waals surface area (Å²) >= 11 is 1.77. The van der Waals surface area contributed by atoms with Crippen molar-refractivity contribution in [2.45, 2.75) is 11.3 Å². The predicted octanol–water partition coefficient (Wildman–Crippen LogP) is 1.74. The molecule has 0 bridgehead atoms. The third-order valence-corrected chi connectivity index (χ3v) is 3.94. The number of nitrogens with zero attached hydrogens (tertiary/aromatic N) is 1. The fourth-order valence-electron chi connectivity index (χ4n) is 2.02. The molecular formula is C13H18N2O2S. The van der Waals surface area contributed by atoms with Crippen LogP contribution in [-0.4, -0.2) is 38.9 Å². The Bertz CT molecular complexity index is 423. The first-order valence-corrected chi connectivity index (χ1v) is 7.01. The van der Waals surface area contributed by atoms with E-state index in [0.29, 0.717) is 13.0 Å². The molecule has 2 rings (SSSR count). The third kappa shape index (κ3) is 2.62. The minimum atomic E-state index is 0.149. The van der Waals surface area contributed by atoms with Gasteiger partial charge < -0.3 is 15.0 Å². The number of fused-ring (bicyclic) bond motifs is 1. The molecule has 0 atom stereocenters. The van der Waals surface area contributed by atoms with Gasteiger partial charge in [0.05, 0.1) is 12.8 Å². The van der Waals surface area contributed by atoms with Gasteiger partial charge in [-0.2, -0.15) is 0 Å². The molecule has 0 spiro atoms. The summed E-state index contributed by atoms with van der Waals surface area (Å²) in [6, 6.07) is 5.91. The van der Waals surface area contributed by atoms with Crippen molar-refractivity contribution in [2.75, 3.05) is 37.9 Å². The number of anilines is 1. The molecule has 18 heavy (non-hydrogen) atoms. The second-order valence-electron chi connectivity index (χ2n) is 4.05. The molecule has 0 fully saturated rings. The van der Waals surface area contributed by atoms with Crippen molar-refractivity contribution in [3.63, 3.8) is 0 Å².